The van der Waals surface area contributed by atoms with Crippen LogP contribution in [-0.4, -0.2) is 23.1 Å². The van der Waals surface area contributed by atoms with Crippen molar-refractivity contribution in [3.8, 4) is 0 Å². The summed E-state index contributed by atoms with van der Waals surface area (Å²) in [4.78, 5) is 11.0. The molecule has 3 N–H and O–H groups in total. The minimum absolute atomic E-state index is 0.390. The summed E-state index contributed by atoms with van der Waals surface area (Å²) in [7, 11) is 0. The second-order valence-corrected chi connectivity index (χ2v) is 6.80. The van der Waals surface area contributed by atoms with Crippen LogP contribution in [0, 0.1) is 18.3 Å². The first-order valence-electron chi connectivity index (χ1n) is 7.46. The van der Waals surface area contributed by atoms with E-state index in [0.717, 1.165) is 30.4 Å². The highest BCUT2D eigenvalue weighted by Gasteiger charge is 2.28. The smallest absolute Gasteiger partial charge is 0.148 e. The van der Waals surface area contributed by atoms with Gasteiger partial charge in [0.05, 0.1) is 0 Å². The number of hydrazine groups is 1. The van der Waals surface area contributed by atoms with Crippen LogP contribution in [0.1, 0.15) is 45.6 Å². The number of hydrogen-bond donors (Lipinski definition) is 2. The number of rotatable bonds is 2. The molecule has 112 valence electrons. The Morgan fingerprint density at radius 2 is 2.00 bits per heavy atom. The quantitative estimate of drug-likeness (QED) is 0.642. The van der Waals surface area contributed by atoms with Gasteiger partial charge in [-0.2, -0.15) is 0 Å². The van der Waals surface area contributed by atoms with Crippen LogP contribution in [0.2, 0.25) is 0 Å². The third-order valence-electron chi connectivity index (χ3n) is 4.45. The van der Waals surface area contributed by atoms with E-state index in [9.17, 15) is 0 Å². The van der Waals surface area contributed by atoms with Gasteiger partial charge in [-0.05, 0) is 37.5 Å². The highest BCUT2D eigenvalue weighted by Crippen LogP contribution is 2.35. The minimum Gasteiger partial charge on any atom is -0.356 e. The molecule has 1 aliphatic rings. The van der Waals surface area contributed by atoms with E-state index in [0.29, 0.717) is 11.2 Å². The van der Waals surface area contributed by atoms with E-state index in [-0.39, 0.29) is 0 Å². The number of nitrogens with two attached hydrogens (primary N) is 1. The summed E-state index contributed by atoms with van der Waals surface area (Å²) in [5.74, 6) is 8.01. The van der Waals surface area contributed by atoms with Gasteiger partial charge in [-0.15, -0.1) is 0 Å². The first-order chi connectivity index (χ1) is 9.43. The molecule has 5 nitrogen and oxygen atoms in total. The van der Waals surface area contributed by atoms with Gasteiger partial charge in [0.1, 0.15) is 18.0 Å². The van der Waals surface area contributed by atoms with E-state index >= 15 is 0 Å². The van der Waals surface area contributed by atoms with Crippen molar-refractivity contribution < 1.29 is 0 Å². The molecule has 1 saturated heterocycles. The van der Waals surface area contributed by atoms with Gasteiger partial charge in [0.2, 0.25) is 0 Å². The predicted octanol–water partition coefficient (Wildman–Crippen LogP) is 2.72. The molecular weight excluding hydrogens is 250 g/mol. The summed E-state index contributed by atoms with van der Waals surface area (Å²) in [6.07, 6.45) is 5.32. The fraction of sp³-hybridized carbons (Fsp3) is 0.733. The van der Waals surface area contributed by atoms with E-state index in [1.165, 1.54) is 19.3 Å². The predicted molar refractivity (Wildman–Crippen MR) is 83.6 cm³/mol. The number of hydrogen-bond acceptors (Lipinski definition) is 5. The molecule has 1 atom stereocenters. The van der Waals surface area contributed by atoms with Gasteiger partial charge >= 0.3 is 0 Å². The third-order valence-corrected chi connectivity index (χ3v) is 4.45. The molecule has 1 aromatic heterocycles. The van der Waals surface area contributed by atoms with Crippen LogP contribution in [0.5, 0.6) is 0 Å². The SMILES string of the molecule is Cc1c(NN)ncnc1N1CCCC(C(C)(C)C)CC1. The Kier molecular flexibility index (Phi) is 4.48. The molecule has 2 rings (SSSR count). The summed E-state index contributed by atoms with van der Waals surface area (Å²) in [5, 5.41) is 0. The normalized spacial score (nSPS) is 20.6. The molecule has 0 saturated carbocycles. The van der Waals surface area contributed by atoms with Gasteiger partial charge in [-0.25, -0.2) is 15.8 Å². The topological polar surface area (TPSA) is 67.1 Å². The Labute approximate surface area is 121 Å². The standard InChI is InChI=1S/C15H27N5/c1-11-13(19-16)17-10-18-14(11)20-8-5-6-12(7-9-20)15(2,3)4/h10,12H,5-9,16H2,1-4H3,(H,17,18,19). The summed E-state index contributed by atoms with van der Waals surface area (Å²) < 4.78 is 0. The first-order valence-corrected chi connectivity index (χ1v) is 7.46. The molecule has 1 aliphatic heterocycles. The van der Waals surface area contributed by atoms with Crippen LogP contribution in [0.25, 0.3) is 0 Å². The van der Waals surface area contributed by atoms with E-state index in [1.54, 1.807) is 6.33 Å². The van der Waals surface area contributed by atoms with Crippen LogP contribution in [0.15, 0.2) is 6.33 Å². The number of nitrogens with zero attached hydrogens (tertiary/aromatic N) is 3. The fourth-order valence-electron chi connectivity index (χ4n) is 3.08. The molecule has 0 bridgehead atoms. The van der Waals surface area contributed by atoms with Crippen LogP contribution in [0.3, 0.4) is 0 Å². The first kappa shape index (κ1) is 15.0. The summed E-state index contributed by atoms with van der Waals surface area (Å²) in [5.41, 5.74) is 4.07. The summed E-state index contributed by atoms with van der Waals surface area (Å²) in [6, 6.07) is 0. The van der Waals surface area contributed by atoms with Gasteiger partial charge < -0.3 is 10.3 Å². The molecule has 1 fully saturated rings. The second-order valence-electron chi connectivity index (χ2n) is 6.80. The highest BCUT2D eigenvalue weighted by atomic mass is 15.3. The number of nitrogens with one attached hydrogen (secondary N) is 1. The monoisotopic (exact) mass is 277 g/mol. The number of nitrogen functional groups attached to an aromatic ring is 1. The van der Waals surface area contributed by atoms with Crippen molar-refractivity contribution in [3.05, 3.63) is 11.9 Å². The largest absolute Gasteiger partial charge is 0.356 e. The molecule has 5 heteroatoms. The highest BCUT2D eigenvalue weighted by molar-refractivity contribution is 5.57. The van der Waals surface area contributed by atoms with Crippen molar-refractivity contribution in [1.29, 1.82) is 0 Å². The molecule has 0 spiro atoms. The lowest BCUT2D eigenvalue weighted by molar-refractivity contribution is 0.220. The number of aromatic nitrogens is 2. The van der Waals surface area contributed by atoms with Crippen molar-refractivity contribution in [1.82, 2.24) is 9.97 Å². The molecule has 0 radical (unpaired) electrons. The van der Waals surface area contributed by atoms with Crippen molar-refractivity contribution in [2.45, 2.75) is 47.0 Å². The van der Waals surface area contributed by atoms with Crippen LogP contribution in [-0.2, 0) is 0 Å². The zero-order valence-electron chi connectivity index (χ0n) is 13.1. The molecule has 1 unspecified atom stereocenters. The molecule has 0 aliphatic carbocycles. The van der Waals surface area contributed by atoms with E-state index in [4.69, 9.17) is 5.84 Å². The van der Waals surface area contributed by atoms with E-state index in [2.05, 4.69) is 41.1 Å². The Morgan fingerprint density at radius 3 is 2.65 bits per heavy atom. The van der Waals surface area contributed by atoms with Gasteiger partial charge in [-0.1, -0.05) is 20.8 Å². The fourth-order valence-corrected chi connectivity index (χ4v) is 3.08. The van der Waals surface area contributed by atoms with Crippen molar-refractivity contribution >= 4 is 11.6 Å². The number of anilines is 2. The van der Waals surface area contributed by atoms with E-state index in [1.807, 2.05) is 6.92 Å². The summed E-state index contributed by atoms with van der Waals surface area (Å²) >= 11 is 0. The lowest BCUT2D eigenvalue weighted by atomic mass is 9.77. The lowest BCUT2D eigenvalue weighted by Gasteiger charge is -2.30. The van der Waals surface area contributed by atoms with Crippen LogP contribution >= 0.6 is 0 Å². The van der Waals surface area contributed by atoms with Crippen LogP contribution < -0.4 is 16.2 Å². The van der Waals surface area contributed by atoms with Crippen molar-refractivity contribution in [2.24, 2.45) is 17.2 Å². The van der Waals surface area contributed by atoms with Crippen molar-refractivity contribution in [3.63, 3.8) is 0 Å². The van der Waals surface area contributed by atoms with Gasteiger partial charge in [-0.3, -0.25) is 0 Å². The molecule has 0 amide bonds. The maximum Gasteiger partial charge on any atom is 0.148 e. The molecule has 0 aromatic carbocycles. The Bertz CT molecular complexity index is 452. The average molecular weight is 277 g/mol. The molecular formula is C15H27N5. The lowest BCUT2D eigenvalue weighted by Crippen LogP contribution is -2.28. The Morgan fingerprint density at radius 1 is 1.25 bits per heavy atom. The Hall–Kier alpha value is -1.36. The summed E-state index contributed by atoms with van der Waals surface area (Å²) in [6.45, 7) is 11.2. The van der Waals surface area contributed by atoms with Crippen LogP contribution in [0.4, 0.5) is 11.6 Å². The van der Waals surface area contributed by atoms with Gasteiger partial charge in [0.15, 0.2) is 0 Å². The van der Waals surface area contributed by atoms with Gasteiger partial charge in [0, 0.05) is 18.7 Å². The molecule has 2 heterocycles. The Balaban J connectivity index is 2.15. The van der Waals surface area contributed by atoms with Gasteiger partial charge in [0.25, 0.3) is 0 Å². The minimum atomic E-state index is 0.390. The maximum atomic E-state index is 5.50. The molecule has 1 aromatic rings. The average Bonchev–Trinajstić information content (AvgIpc) is 2.64. The zero-order chi connectivity index (χ0) is 14.8. The third kappa shape index (κ3) is 3.20. The maximum absolute atomic E-state index is 5.50. The second kappa shape index (κ2) is 5.95. The zero-order valence-corrected chi connectivity index (χ0v) is 13.1. The molecule has 20 heavy (non-hydrogen) atoms. The van der Waals surface area contributed by atoms with Crippen molar-refractivity contribution in [2.75, 3.05) is 23.4 Å². The van der Waals surface area contributed by atoms with E-state index < -0.39 is 0 Å².